The summed E-state index contributed by atoms with van der Waals surface area (Å²) in [5, 5.41) is 11.8. The number of rotatable bonds is 6. The molecule has 0 aliphatic heterocycles. The molecule has 26 heavy (non-hydrogen) atoms. The maximum Gasteiger partial charge on any atom is 0.309 e. The molecule has 0 heterocycles. The highest BCUT2D eigenvalue weighted by molar-refractivity contribution is 5.96. The van der Waals surface area contributed by atoms with Crippen LogP contribution < -0.4 is 5.32 Å². The largest absolute Gasteiger partial charge is 0.481 e. The van der Waals surface area contributed by atoms with E-state index < -0.39 is 11.4 Å². The van der Waals surface area contributed by atoms with Crippen LogP contribution in [0.1, 0.15) is 62.7 Å². The normalized spacial score (nSPS) is 15.3. The lowest BCUT2D eigenvalue weighted by Gasteiger charge is -2.31. The molecule has 142 valence electrons. The summed E-state index contributed by atoms with van der Waals surface area (Å²) >= 11 is 0. The van der Waals surface area contributed by atoms with Gasteiger partial charge in [0.2, 0.25) is 5.91 Å². The topological polar surface area (TPSA) is 86.7 Å². The predicted molar refractivity (Wildman–Crippen MR) is 100 cm³/mol. The van der Waals surface area contributed by atoms with Gasteiger partial charge in [-0.3, -0.25) is 14.4 Å². The molecule has 6 heteroatoms. The smallest absolute Gasteiger partial charge is 0.309 e. The van der Waals surface area contributed by atoms with E-state index in [9.17, 15) is 14.4 Å². The number of carbonyl (C=O) groups is 3. The number of hydrogen-bond donors (Lipinski definition) is 2. The molecule has 0 saturated heterocycles. The number of hydrogen-bond acceptors (Lipinski definition) is 3. The van der Waals surface area contributed by atoms with Gasteiger partial charge in [-0.1, -0.05) is 19.3 Å². The molecule has 6 nitrogen and oxygen atoms in total. The minimum Gasteiger partial charge on any atom is -0.481 e. The van der Waals surface area contributed by atoms with E-state index in [0.717, 1.165) is 12.8 Å². The van der Waals surface area contributed by atoms with Gasteiger partial charge in [-0.2, -0.15) is 0 Å². The molecular formula is C20H28N2O4. The molecule has 1 aliphatic carbocycles. The maximum atomic E-state index is 12.6. The van der Waals surface area contributed by atoms with Crippen LogP contribution in [0.15, 0.2) is 24.3 Å². The number of carboxylic acid groups (broad SMARTS) is 1. The first-order valence-corrected chi connectivity index (χ1v) is 9.11. The molecule has 1 aliphatic rings. The van der Waals surface area contributed by atoms with Crippen molar-refractivity contribution in [2.75, 3.05) is 12.4 Å². The Morgan fingerprint density at radius 2 is 1.69 bits per heavy atom. The van der Waals surface area contributed by atoms with Crippen molar-refractivity contribution >= 4 is 23.5 Å². The number of benzene rings is 1. The van der Waals surface area contributed by atoms with E-state index in [1.54, 1.807) is 24.3 Å². The quantitative estimate of drug-likeness (QED) is 0.812. The maximum absolute atomic E-state index is 12.6. The number of aliphatic carboxylic acids is 1. The van der Waals surface area contributed by atoms with Crippen molar-refractivity contribution in [3.05, 3.63) is 29.8 Å². The van der Waals surface area contributed by atoms with E-state index in [1.807, 2.05) is 11.9 Å². The van der Waals surface area contributed by atoms with Crippen molar-refractivity contribution in [1.82, 2.24) is 4.90 Å². The molecule has 2 amide bonds. The second kappa shape index (κ2) is 8.34. The highest BCUT2D eigenvalue weighted by Gasteiger charge is 2.30. The summed E-state index contributed by atoms with van der Waals surface area (Å²) in [5.74, 6) is -1.39. The van der Waals surface area contributed by atoms with Crippen LogP contribution in [0.25, 0.3) is 0 Å². The fraction of sp³-hybridized carbons (Fsp3) is 0.550. The standard InChI is InChI=1S/C20H28N2O4/c1-20(2,19(25)26)13-17(23)21-15-11-9-14(10-12-15)18(24)22(3)16-7-5-4-6-8-16/h9-12,16H,4-8,13H2,1-3H3,(H,21,23)(H,25,26). The summed E-state index contributed by atoms with van der Waals surface area (Å²) in [7, 11) is 1.85. The summed E-state index contributed by atoms with van der Waals surface area (Å²) in [4.78, 5) is 37.6. The fourth-order valence-corrected chi connectivity index (χ4v) is 3.22. The van der Waals surface area contributed by atoms with Crippen LogP contribution in [0.5, 0.6) is 0 Å². The molecule has 1 fully saturated rings. The van der Waals surface area contributed by atoms with Gasteiger partial charge >= 0.3 is 5.97 Å². The molecule has 0 atom stereocenters. The van der Waals surface area contributed by atoms with Crippen LogP contribution in [-0.2, 0) is 9.59 Å². The molecule has 1 aromatic rings. The monoisotopic (exact) mass is 360 g/mol. The third-order valence-corrected chi connectivity index (χ3v) is 5.04. The Morgan fingerprint density at radius 3 is 2.23 bits per heavy atom. The van der Waals surface area contributed by atoms with Gasteiger partial charge in [-0.15, -0.1) is 0 Å². The second-order valence-electron chi connectivity index (χ2n) is 7.70. The summed E-state index contributed by atoms with van der Waals surface area (Å²) in [6.07, 6.45) is 5.56. The van der Waals surface area contributed by atoms with E-state index >= 15 is 0 Å². The number of nitrogens with one attached hydrogen (secondary N) is 1. The Kier molecular flexibility index (Phi) is 6.40. The summed E-state index contributed by atoms with van der Waals surface area (Å²) < 4.78 is 0. The average Bonchev–Trinajstić information content (AvgIpc) is 2.61. The Morgan fingerprint density at radius 1 is 1.12 bits per heavy atom. The van der Waals surface area contributed by atoms with Crippen LogP contribution >= 0.6 is 0 Å². The zero-order valence-corrected chi connectivity index (χ0v) is 15.7. The van der Waals surface area contributed by atoms with Gasteiger partial charge < -0.3 is 15.3 Å². The summed E-state index contributed by atoms with van der Waals surface area (Å²) in [6, 6.07) is 7.04. The van der Waals surface area contributed by atoms with Crippen LogP contribution in [0.3, 0.4) is 0 Å². The van der Waals surface area contributed by atoms with E-state index in [1.165, 1.54) is 33.1 Å². The first-order chi connectivity index (χ1) is 12.2. The Labute approximate surface area is 154 Å². The van der Waals surface area contributed by atoms with Crippen molar-refractivity contribution in [2.24, 2.45) is 5.41 Å². The summed E-state index contributed by atoms with van der Waals surface area (Å²) in [5.41, 5.74) is 0.0119. The Balaban J connectivity index is 1.96. The fourth-order valence-electron chi connectivity index (χ4n) is 3.22. The first kappa shape index (κ1) is 19.9. The predicted octanol–water partition coefficient (Wildman–Crippen LogP) is 3.53. The van der Waals surface area contributed by atoms with Gasteiger partial charge in [0.1, 0.15) is 0 Å². The van der Waals surface area contributed by atoms with Gasteiger partial charge in [0.25, 0.3) is 5.91 Å². The van der Waals surface area contributed by atoms with Crippen LogP contribution in [0, 0.1) is 5.41 Å². The van der Waals surface area contributed by atoms with Crippen molar-refractivity contribution in [1.29, 1.82) is 0 Å². The Bertz CT molecular complexity index is 661. The number of nitrogens with zero attached hydrogens (tertiary/aromatic N) is 1. The Hall–Kier alpha value is -2.37. The van der Waals surface area contributed by atoms with Gasteiger partial charge in [0, 0.05) is 30.8 Å². The molecule has 0 bridgehead atoms. The zero-order valence-electron chi connectivity index (χ0n) is 15.7. The number of carbonyl (C=O) groups excluding carboxylic acids is 2. The lowest BCUT2D eigenvalue weighted by atomic mass is 9.89. The second-order valence-corrected chi connectivity index (χ2v) is 7.70. The minimum atomic E-state index is -1.12. The van der Waals surface area contributed by atoms with Crippen molar-refractivity contribution in [3.63, 3.8) is 0 Å². The van der Waals surface area contributed by atoms with Crippen LogP contribution in [-0.4, -0.2) is 40.9 Å². The first-order valence-electron chi connectivity index (χ1n) is 9.11. The minimum absolute atomic E-state index is 0.0122. The SMILES string of the molecule is CN(C(=O)c1ccc(NC(=O)CC(C)(C)C(=O)O)cc1)C1CCCCC1. The van der Waals surface area contributed by atoms with Crippen molar-refractivity contribution in [2.45, 2.75) is 58.4 Å². The molecule has 2 N–H and O–H groups in total. The van der Waals surface area contributed by atoms with Gasteiger partial charge in [0.05, 0.1) is 5.41 Å². The third-order valence-electron chi connectivity index (χ3n) is 5.04. The highest BCUT2D eigenvalue weighted by atomic mass is 16.4. The van der Waals surface area contributed by atoms with E-state index in [2.05, 4.69) is 5.32 Å². The molecule has 0 unspecified atom stereocenters. The van der Waals surface area contributed by atoms with Crippen molar-refractivity contribution in [3.8, 4) is 0 Å². The molecule has 0 radical (unpaired) electrons. The molecule has 1 aromatic carbocycles. The van der Waals surface area contributed by atoms with Gasteiger partial charge in [-0.05, 0) is 51.0 Å². The lowest BCUT2D eigenvalue weighted by Crippen LogP contribution is -2.38. The van der Waals surface area contributed by atoms with Crippen LogP contribution in [0.4, 0.5) is 5.69 Å². The molecule has 2 rings (SSSR count). The van der Waals surface area contributed by atoms with Crippen molar-refractivity contribution < 1.29 is 19.5 Å². The van der Waals surface area contributed by atoms with Gasteiger partial charge in [-0.25, -0.2) is 0 Å². The highest BCUT2D eigenvalue weighted by Crippen LogP contribution is 2.24. The van der Waals surface area contributed by atoms with E-state index in [-0.39, 0.29) is 18.2 Å². The molecular weight excluding hydrogens is 332 g/mol. The molecule has 0 spiro atoms. The van der Waals surface area contributed by atoms with E-state index in [4.69, 9.17) is 5.11 Å². The number of carboxylic acids is 1. The number of amides is 2. The molecule has 1 saturated carbocycles. The third kappa shape index (κ3) is 5.07. The average molecular weight is 360 g/mol. The van der Waals surface area contributed by atoms with Crippen LogP contribution in [0.2, 0.25) is 0 Å². The lowest BCUT2D eigenvalue weighted by molar-refractivity contribution is -0.148. The van der Waals surface area contributed by atoms with E-state index in [0.29, 0.717) is 17.3 Å². The zero-order chi connectivity index (χ0) is 19.3. The number of anilines is 1. The molecule has 0 aromatic heterocycles. The summed E-state index contributed by atoms with van der Waals surface area (Å²) in [6.45, 7) is 3.02. The van der Waals surface area contributed by atoms with Gasteiger partial charge in [0.15, 0.2) is 0 Å².